The molecule has 108 valence electrons. The predicted octanol–water partition coefficient (Wildman–Crippen LogP) is 3.42. The summed E-state index contributed by atoms with van der Waals surface area (Å²) in [5.74, 6) is 2.24. The zero-order chi connectivity index (χ0) is 14.2. The maximum atomic E-state index is 5.22. The van der Waals surface area contributed by atoms with E-state index in [0.29, 0.717) is 5.89 Å². The van der Waals surface area contributed by atoms with Gasteiger partial charge >= 0.3 is 0 Å². The highest BCUT2D eigenvalue weighted by Gasteiger charge is 2.06. The molecule has 0 amide bonds. The molecule has 1 aromatic heterocycles. The highest BCUT2D eigenvalue weighted by atomic mass is 32.2. The third-order valence-corrected chi connectivity index (χ3v) is 3.85. The highest BCUT2D eigenvalue weighted by Crippen LogP contribution is 2.22. The van der Waals surface area contributed by atoms with E-state index in [0.717, 1.165) is 37.5 Å². The van der Waals surface area contributed by atoms with Crippen LogP contribution in [0.25, 0.3) is 0 Å². The van der Waals surface area contributed by atoms with Gasteiger partial charge in [0.05, 0.1) is 5.75 Å². The van der Waals surface area contributed by atoms with Gasteiger partial charge in [0.2, 0.25) is 5.89 Å². The molecule has 0 aliphatic carbocycles. The number of hydrogen-bond acceptors (Lipinski definition) is 5. The fraction of sp³-hybridized carbons (Fsp3) is 0.467. The minimum absolute atomic E-state index is 0.704. The molecule has 5 heteroatoms. The van der Waals surface area contributed by atoms with Crippen molar-refractivity contribution in [2.45, 2.75) is 43.9 Å². The number of thioether (sulfide) groups is 1. The number of nitrogens with one attached hydrogen (secondary N) is 1. The third-order valence-electron chi connectivity index (χ3n) is 2.85. The van der Waals surface area contributed by atoms with Gasteiger partial charge in [0.25, 0.3) is 0 Å². The first-order valence-corrected chi connectivity index (χ1v) is 8.04. The molecule has 2 aromatic rings. The van der Waals surface area contributed by atoms with Crippen LogP contribution in [0, 0.1) is 0 Å². The van der Waals surface area contributed by atoms with Gasteiger partial charge in [0, 0.05) is 17.9 Å². The van der Waals surface area contributed by atoms with E-state index in [4.69, 9.17) is 4.52 Å². The van der Waals surface area contributed by atoms with Crippen molar-refractivity contribution >= 4 is 11.8 Å². The lowest BCUT2D eigenvalue weighted by Gasteiger charge is -2.03. The Morgan fingerprint density at radius 3 is 2.70 bits per heavy atom. The van der Waals surface area contributed by atoms with Crippen molar-refractivity contribution in [2.24, 2.45) is 0 Å². The molecule has 1 heterocycles. The molecule has 0 saturated carbocycles. The minimum Gasteiger partial charge on any atom is -0.338 e. The van der Waals surface area contributed by atoms with Gasteiger partial charge in [-0.3, -0.25) is 0 Å². The lowest BCUT2D eigenvalue weighted by Crippen LogP contribution is -2.11. The van der Waals surface area contributed by atoms with Crippen molar-refractivity contribution in [1.29, 1.82) is 0 Å². The van der Waals surface area contributed by atoms with Gasteiger partial charge in [-0.2, -0.15) is 4.98 Å². The second-order valence-corrected chi connectivity index (χ2v) is 5.62. The van der Waals surface area contributed by atoms with E-state index in [1.54, 1.807) is 11.8 Å². The Labute approximate surface area is 124 Å². The van der Waals surface area contributed by atoms with E-state index in [1.165, 1.54) is 10.5 Å². The summed E-state index contributed by atoms with van der Waals surface area (Å²) in [4.78, 5) is 5.59. The summed E-state index contributed by atoms with van der Waals surface area (Å²) in [6.07, 6.45) is 1.92. The quantitative estimate of drug-likeness (QED) is 0.755. The SMILES string of the molecule is CCCc1noc(CSc2ccc(CNCC)cc2)n1. The van der Waals surface area contributed by atoms with Crippen LogP contribution in [0.2, 0.25) is 0 Å². The summed E-state index contributed by atoms with van der Waals surface area (Å²) in [6, 6.07) is 8.59. The molecular weight excluding hydrogens is 270 g/mol. The van der Waals surface area contributed by atoms with E-state index < -0.39 is 0 Å². The maximum absolute atomic E-state index is 5.22. The molecule has 2 rings (SSSR count). The zero-order valence-corrected chi connectivity index (χ0v) is 12.9. The average molecular weight is 291 g/mol. The number of rotatable bonds is 8. The smallest absolute Gasteiger partial charge is 0.237 e. The van der Waals surface area contributed by atoms with Gasteiger partial charge in [-0.05, 0) is 30.7 Å². The topological polar surface area (TPSA) is 51.0 Å². The first kappa shape index (κ1) is 15.1. The van der Waals surface area contributed by atoms with Crippen LogP contribution in [-0.4, -0.2) is 16.7 Å². The van der Waals surface area contributed by atoms with Crippen molar-refractivity contribution in [3.63, 3.8) is 0 Å². The van der Waals surface area contributed by atoms with Crippen molar-refractivity contribution < 1.29 is 4.52 Å². The van der Waals surface area contributed by atoms with E-state index >= 15 is 0 Å². The molecule has 0 fully saturated rings. The second kappa shape index (κ2) is 8.07. The molecule has 0 saturated heterocycles. The number of benzene rings is 1. The lowest BCUT2D eigenvalue weighted by molar-refractivity contribution is 0.384. The summed E-state index contributed by atoms with van der Waals surface area (Å²) in [6.45, 7) is 6.14. The molecule has 0 aliphatic rings. The first-order chi connectivity index (χ1) is 9.81. The third kappa shape index (κ3) is 4.65. The van der Waals surface area contributed by atoms with Gasteiger partial charge < -0.3 is 9.84 Å². The molecule has 0 unspecified atom stereocenters. The van der Waals surface area contributed by atoms with Gasteiger partial charge in [0.1, 0.15) is 0 Å². The van der Waals surface area contributed by atoms with E-state index in [9.17, 15) is 0 Å². The molecule has 0 aliphatic heterocycles. The Morgan fingerprint density at radius 1 is 1.20 bits per heavy atom. The van der Waals surface area contributed by atoms with E-state index in [1.807, 2.05) is 0 Å². The highest BCUT2D eigenvalue weighted by molar-refractivity contribution is 7.98. The molecule has 0 spiro atoms. The molecule has 1 aromatic carbocycles. The Kier molecular flexibility index (Phi) is 6.08. The van der Waals surface area contributed by atoms with Gasteiger partial charge in [-0.15, -0.1) is 11.8 Å². The molecule has 0 atom stereocenters. The van der Waals surface area contributed by atoms with Gasteiger partial charge in [0.15, 0.2) is 5.82 Å². The van der Waals surface area contributed by atoms with Crippen molar-refractivity contribution in [3.8, 4) is 0 Å². The number of aromatic nitrogens is 2. The van der Waals surface area contributed by atoms with Crippen LogP contribution >= 0.6 is 11.8 Å². The van der Waals surface area contributed by atoms with Crippen LogP contribution in [0.3, 0.4) is 0 Å². The summed E-state index contributed by atoms with van der Waals surface area (Å²) in [5, 5.41) is 7.27. The van der Waals surface area contributed by atoms with Crippen LogP contribution in [0.5, 0.6) is 0 Å². The van der Waals surface area contributed by atoms with Crippen molar-refractivity contribution in [2.75, 3.05) is 6.54 Å². The maximum Gasteiger partial charge on any atom is 0.237 e. The van der Waals surface area contributed by atoms with Crippen LogP contribution < -0.4 is 5.32 Å². The van der Waals surface area contributed by atoms with Crippen LogP contribution in [0.4, 0.5) is 0 Å². The molecule has 1 N–H and O–H groups in total. The van der Waals surface area contributed by atoms with Gasteiger partial charge in [-0.1, -0.05) is 31.1 Å². The largest absolute Gasteiger partial charge is 0.338 e. The number of aryl methyl sites for hydroxylation is 1. The molecule has 0 bridgehead atoms. The minimum atomic E-state index is 0.704. The summed E-state index contributed by atoms with van der Waals surface area (Å²) < 4.78 is 5.22. The Balaban J connectivity index is 1.83. The number of hydrogen-bond donors (Lipinski definition) is 1. The molecule has 0 radical (unpaired) electrons. The standard InChI is InChI=1S/C15H21N3OS/c1-3-5-14-17-15(19-18-14)11-20-13-8-6-12(7-9-13)10-16-4-2/h6-9,16H,3-5,10-11H2,1-2H3. The molecule has 4 nitrogen and oxygen atoms in total. The Hall–Kier alpha value is -1.33. The Bertz CT molecular complexity index is 510. The average Bonchev–Trinajstić information content (AvgIpc) is 2.92. The zero-order valence-electron chi connectivity index (χ0n) is 12.1. The van der Waals surface area contributed by atoms with Crippen LogP contribution in [0.15, 0.2) is 33.7 Å². The lowest BCUT2D eigenvalue weighted by atomic mass is 10.2. The first-order valence-electron chi connectivity index (χ1n) is 7.05. The monoisotopic (exact) mass is 291 g/mol. The Morgan fingerprint density at radius 2 is 2.00 bits per heavy atom. The molecule has 20 heavy (non-hydrogen) atoms. The second-order valence-electron chi connectivity index (χ2n) is 4.57. The summed E-state index contributed by atoms with van der Waals surface area (Å²) in [7, 11) is 0. The van der Waals surface area contributed by atoms with Crippen molar-refractivity contribution in [3.05, 3.63) is 41.5 Å². The van der Waals surface area contributed by atoms with Crippen LogP contribution in [0.1, 0.15) is 37.5 Å². The fourth-order valence-corrected chi connectivity index (χ4v) is 2.53. The predicted molar refractivity (Wildman–Crippen MR) is 81.7 cm³/mol. The summed E-state index contributed by atoms with van der Waals surface area (Å²) >= 11 is 1.72. The van der Waals surface area contributed by atoms with Crippen molar-refractivity contribution in [1.82, 2.24) is 15.5 Å². The van der Waals surface area contributed by atoms with E-state index in [2.05, 4.69) is 53.6 Å². The van der Waals surface area contributed by atoms with Crippen LogP contribution in [-0.2, 0) is 18.7 Å². The van der Waals surface area contributed by atoms with E-state index in [-0.39, 0.29) is 0 Å². The normalized spacial score (nSPS) is 10.9. The molecular formula is C15H21N3OS. The fourth-order valence-electron chi connectivity index (χ4n) is 1.79. The summed E-state index contributed by atoms with van der Waals surface area (Å²) in [5.41, 5.74) is 1.30. The number of nitrogens with zero attached hydrogens (tertiary/aromatic N) is 2. The van der Waals surface area contributed by atoms with Gasteiger partial charge in [-0.25, -0.2) is 0 Å².